The average Bonchev–Trinajstić information content (AvgIpc) is 2.61. The zero-order valence-electron chi connectivity index (χ0n) is 14.2. The van der Waals surface area contributed by atoms with Crippen LogP contribution in [0, 0.1) is 0 Å². The number of carbonyl (C=O) groups excluding carboxylic acids is 1. The van der Waals surface area contributed by atoms with Crippen LogP contribution in [0.4, 0.5) is 0 Å². The second-order valence-corrected chi connectivity index (χ2v) is 7.23. The molecule has 7 heteroatoms. The molecule has 0 aliphatic carbocycles. The number of pyridine rings is 1. The minimum absolute atomic E-state index is 0.145. The van der Waals surface area contributed by atoms with Crippen LogP contribution >= 0.6 is 0 Å². The van der Waals surface area contributed by atoms with Crippen LogP contribution in [0.1, 0.15) is 18.1 Å². The summed E-state index contributed by atoms with van der Waals surface area (Å²) in [6, 6.07) is 10.1. The van der Waals surface area contributed by atoms with Gasteiger partial charge in [0.2, 0.25) is 15.9 Å². The molecule has 0 bridgehead atoms. The number of hydrogen-bond acceptors (Lipinski definition) is 4. The van der Waals surface area contributed by atoms with Crippen molar-refractivity contribution in [2.24, 2.45) is 0 Å². The van der Waals surface area contributed by atoms with Crippen molar-refractivity contribution in [3.63, 3.8) is 0 Å². The van der Waals surface area contributed by atoms with Gasteiger partial charge >= 0.3 is 0 Å². The molecule has 0 spiro atoms. The molecule has 0 aliphatic heterocycles. The van der Waals surface area contributed by atoms with Crippen LogP contribution in [0.3, 0.4) is 0 Å². The molecular formula is C18H21N3O3S. The second kappa shape index (κ2) is 8.55. The molecule has 0 fully saturated rings. The summed E-state index contributed by atoms with van der Waals surface area (Å²) in [6.45, 7) is 2.53. The van der Waals surface area contributed by atoms with Crippen LogP contribution in [-0.4, -0.2) is 37.8 Å². The zero-order chi connectivity index (χ0) is 18.3. The van der Waals surface area contributed by atoms with Gasteiger partial charge in [-0.15, -0.1) is 0 Å². The molecule has 1 aromatic carbocycles. The standard InChI is InChI=1S/C18H21N3O3S/c1-3-20-25(23,24)17-9-6-15(7-10-17)8-11-18(22)21(2)14-16-5-4-12-19-13-16/h4-13,20H,3,14H2,1-2H3/b11-8+. The fourth-order valence-electron chi connectivity index (χ4n) is 2.17. The first-order valence-electron chi connectivity index (χ1n) is 7.84. The minimum Gasteiger partial charge on any atom is -0.338 e. The molecule has 25 heavy (non-hydrogen) atoms. The van der Waals surface area contributed by atoms with Gasteiger partial charge < -0.3 is 4.90 Å². The predicted molar refractivity (Wildman–Crippen MR) is 97.0 cm³/mol. The van der Waals surface area contributed by atoms with E-state index in [4.69, 9.17) is 0 Å². The molecule has 0 saturated heterocycles. The van der Waals surface area contributed by atoms with Crippen LogP contribution in [0.15, 0.2) is 59.8 Å². The van der Waals surface area contributed by atoms with Gasteiger partial charge in [-0.25, -0.2) is 13.1 Å². The van der Waals surface area contributed by atoms with Gasteiger partial charge in [-0.05, 0) is 35.4 Å². The lowest BCUT2D eigenvalue weighted by molar-refractivity contribution is -0.125. The van der Waals surface area contributed by atoms with E-state index in [2.05, 4.69) is 9.71 Å². The number of rotatable bonds is 7. The SMILES string of the molecule is CCNS(=O)(=O)c1ccc(/C=C/C(=O)N(C)Cc2cccnc2)cc1. The van der Waals surface area contributed by atoms with Gasteiger partial charge in [0.1, 0.15) is 0 Å². The lowest BCUT2D eigenvalue weighted by Gasteiger charge is -2.14. The number of carbonyl (C=O) groups is 1. The molecule has 1 heterocycles. The Morgan fingerprint density at radius 2 is 1.96 bits per heavy atom. The van der Waals surface area contributed by atoms with E-state index in [0.29, 0.717) is 13.1 Å². The molecule has 0 radical (unpaired) electrons. The molecule has 132 valence electrons. The van der Waals surface area contributed by atoms with Crippen molar-refractivity contribution >= 4 is 22.0 Å². The predicted octanol–water partition coefficient (Wildman–Crippen LogP) is 2.05. The van der Waals surface area contributed by atoms with E-state index in [9.17, 15) is 13.2 Å². The normalized spacial score (nSPS) is 11.6. The smallest absolute Gasteiger partial charge is 0.246 e. The summed E-state index contributed by atoms with van der Waals surface area (Å²) in [7, 11) is -1.75. The molecule has 6 nitrogen and oxygen atoms in total. The molecule has 1 N–H and O–H groups in total. The van der Waals surface area contributed by atoms with Crippen molar-refractivity contribution in [1.82, 2.24) is 14.6 Å². The van der Waals surface area contributed by atoms with Gasteiger partial charge in [-0.1, -0.05) is 25.1 Å². The zero-order valence-corrected chi connectivity index (χ0v) is 15.0. The number of amides is 1. The summed E-state index contributed by atoms with van der Waals surface area (Å²) in [5.41, 5.74) is 1.70. The molecule has 1 aromatic heterocycles. The van der Waals surface area contributed by atoms with E-state index in [0.717, 1.165) is 11.1 Å². The van der Waals surface area contributed by atoms with Crippen LogP contribution in [-0.2, 0) is 21.4 Å². The van der Waals surface area contributed by atoms with Gasteiger partial charge in [-0.3, -0.25) is 9.78 Å². The number of hydrogen-bond donors (Lipinski definition) is 1. The Kier molecular flexibility index (Phi) is 6.44. The summed E-state index contributed by atoms with van der Waals surface area (Å²) in [5, 5.41) is 0. The maximum Gasteiger partial charge on any atom is 0.246 e. The van der Waals surface area contributed by atoms with E-state index in [1.54, 1.807) is 49.5 Å². The Labute approximate surface area is 148 Å². The molecule has 0 saturated carbocycles. The maximum atomic E-state index is 12.1. The highest BCUT2D eigenvalue weighted by Crippen LogP contribution is 2.12. The molecular weight excluding hydrogens is 338 g/mol. The van der Waals surface area contributed by atoms with Gasteiger partial charge in [0, 0.05) is 38.6 Å². The van der Waals surface area contributed by atoms with Gasteiger partial charge in [-0.2, -0.15) is 0 Å². The summed E-state index contributed by atoms with van der Waals surface area (Å²) in [4.78, 5) is 17.9. The molecule has 0 aliphatic rings. The van der Waals surface area contributed by atoms with Gasteiger partial charge in [0.15, 0.2) is 0 Å². The molecule has 2 aromatic rings. The minimum atomic E-state index is -3.46. The highest BCUT2D eigenvalue weighted by Gasteiger charge is 2.11. The van der Waals surface area contributed by atoms with Crippen molar-refractivity contribution in [2.75, 3.05) is 13.6 Å². The van der Waals surface area contributed by atoms with Crippen LogP contribution in [0.25, 0.3) is 6.08 Å². The first-order valence-corrected chi connectivity index (χ1v) is 9.32. The third kappa shape index (κ3) is 5.51. The summed E-state index contributed by atoms with van der Waals surface area (Å²) < 4.78 is 26.2. The van der Waals surface area contributed by atoms with Crippen LogP contribution < -0.4 is 4.72 Å². The van der Waals surface area contributed by atoms with E-state index >= 15 is 0 Å². The number of nitrogens with zero attached hydrogens (tertiary/aromatic N) is 2. The van der Waals surface area contributed by atoms with Crippen molar-refractivity contribution in [3.8, 4) is 0 Å². The van der Waals surface area contributed by atoms with Crippen molar-refractivity contribution < 1.29 is 13.2 Å². The largest absolute Gasteiger partial charge is 0.338 e. The van der Waals surface area contributed by atoms with Crippen molar-refractivity contribution in [3.05, 3.63) is 66.0 Å². The Bertz CT molecular complexity index is 832. The number of sulfonamides is 1. The monoisotopic (exact) mass is 359 g/mol. The quantitative estimate of drug-likeness (QED) is 0.768. The Balaban J connectivity index is 2.00. The Morgan fingerprint density at radius 1 is 1.24 bits per heavy atom. The van der Waals surface area contributed by atoms with E-state index in [1.165, 1.54) is 18.2 Å². The van der Waals surface area contributed by atoms with Gasteiger partial charge in [0.05, 0.1) is 4.90 Å². The number of aromatic nitrogens is 1. The lowest BCUT2D eigenvalue weighted by Crippen LogP contribution is -2.24. The van der Waals surface area contributed by atoms with Gasteiger partial charge in [0.25, 0.3) is 0 Å². The highest BCUT2D eigenvalue weighted by molar-refractivity contribution is 7.89. The molecule has 1 amide bonds. The summed E-state index contributed by atoms with van der Waals surface area (Å²) in [5.74, 6) is -0.145. The van der Waals surface area contributed by atoms with E-state index in [-0.39, 0.29) is 10.8 Å². The van der Waals surface area contributed by atoms with Crippen molar-refractivity contribution in [2.45, 2.75) is 18.4 Å². The molecule has 0 unspecified atom stereocenters. The third-order valence-electron chi connectivity index (χ3n) is 3.46. The Hall–Kier alpha value is -2.51. The lowest BCUT2D eigenvalue weighted by atomic mass is 10.2. The summed E-state index contributed by atoms with van der Waals surface area (Å²) in [6.07, 6.45) is 6.53. The molecule has 2 rings (SSSR count). The van der Waals surface area contributed by atoms with E-state index in [1.807, 2.05) is 12.1 Å². The average molecular weight is 359 g/mol. The number of nitrogens with one attached hydrogen (secondary N) is 1. The van der Waals surface area contributed by atoms with E-state index < -0.39 is 10.0 Å². The molecule has 0 atom stereocenters. The fourth-order valence-corrected chi connectivity index (χ4v) is 3.21. The maximum absolute atomic E-state index is 12.1. The van der Waals surface area contributed by atoms with Crippen LogP contribution in [0.5, 0.6) is 0 Å². The highest BCUT2D eigenvalue weighted by atomic mass is 32.2. The van der Waals surface area contributed by atoms with Crippen molar-refractivity contribution in [1.29, 1.82) is 0 Å². The van der Waals surface area contributed by atoms with Crippen LogP contribution in [0.2, 0.25) is 0 Å². The Morgan fingerprint density at radius 3 is 2.56 bits per heavy atom. The first kappa shape index (κ1) is 18.8. The topological polar surface area (TPSA) is 79.4 Å². The number of likely N-dealkylation sites (N-methyl/N-ethyl adjacent to an activating group) is 1. The second-order valence-electron chi connectivity index (χ2n) is 5.46. The summed E-state index contributed by atoms with van der Waals surface area (Å²) >= 11 is 0. The number of benzene rings is 1. The first-order chi connectivity index (χ1) is 11.9. The fraction of sp³-hybridized carbons (Fsp3) is 0.222. The third-order valence-corrected chi connectivity index (χ3v) is 5.02.